The summed E-state index contributed by atoms with van der Waals surface area (Å²) in [7, 11) is 1.74. The Labute approximate surface area is 123 Å². The van der Waals surface area contributed by atoms with E-state index in [1.54, 1.807) is 30.3 Å². The molecule has 1 aromatic rings. The summed E-state index contributed by atoms with van der Waals surface area (Å²) in [4.78, 5) is 28.0. The van der Waals surface area contributed by atoms with E-state index in [0.29, 0.717) is 38.3 Å². The number of nitrogens with zero attached hydrogens (tertiary/aromatic N) is 1. The summed E-state index contributed by atoms with van der Waals surface area (Å²) < 4.78 is 5.22. The topological polar surface area (TPSA) is 94.7 Å². The summed E-state index contributed by atoms with van der Waals surface area (Å²) >= 11 is 0. The Balaban J connectivity index is 1.78. The predicted molar refractivity (Wildman–Crippen MR) is 75.8 cm³/mol. The second kappa shape index (κ2) is 6.84. The first-order chi connectivity index (χ1) is 9.98. The lowest BCUT2D eigenvalue weighted by atomic mass is 9.94. The molecule has 0 atom stereocenters. The zero-order chi connectivity index (χ0) is 15.3. The summed E-state index contributed by atoms with van der Waals surface area (Å²) in [5.41, 5.74) is -0.481. The molecule has 1 fully saturated rings. The van der Waals surface area contributed by atoms with Crippen LogP contribution in [0.4, 0.5) is 0 Å². The number of aromatic amines is 1. The monoisotopic (exact) mass is 295 g/mol. The Kier molecular flexibility index (Phi) is 5.11. The van der Waals surface area contributed by atoms with E-state index in [-0.39, 0.29) is 6.54 Å². The van der Waals surface area contributed by atoms with Gasteiger partial charge in [-0.15, -0.1) is 0 Å². The van der Waals surface area contributed by atoms with Crippen LogP contribution in [0.15, 0.2) is 18.3 Å². The van der Waals surface area contributed by atoms with Crippen molar-refractivity contribution in [3.05, 3.63) is 24.0 Å². The second-order valence-corrected chi connectivity index (χ2v) is 5.47. The minimum absolute atomic E-state index is 0.0512. The van der Waals surface area contributed by atoms with Gasteiger partial charge in [0.15, 0.2) is 0 Å². The molecule has 1 aromatic heterocycles. The highest BCUT2D eigenvalue weighted by molar-refractivity contribution is 6.04. The molecule has 3 N–H and O–H groups in total. The smallest absolute Gasteiger partial charge is 0.274 e. The lowest BCUT2D eigenvalue weighted by Gasteiger charge is -2.35. The number of aromatic nitrogens is 1. The number of hydrogen-bond donors (Lipinski definition) is 3. The van der Waals surface area contributed by atoms with Gasteiger partial charge in [-0.2, -0.15) is 0 Å². The van der Waals surface area contributed by atoms with Gasteiger partial charge >= 0.3 is 0 Å². The van der Waals surface area contributed by atoms with Crippen LogP contribution in [0.3, 0.4) is 0 Å². The van der Waals surface area contributed by atoms with Crippen LogP contribution in [0.25, 0.3) is 0 Å². The number of likely N-dealkylation sites (N-methyl/N-ethyl adjacent to an activating group) is 1. The number of aliphatic hydroxyl groups is 1. The molecule has 116 valence electrons. The van der Waals surface area contributed by atoms with Crippen molar-refractivity contribution < 1.29 is 19.4 Å². The molecule has 7 nitrogen and oxygen atoms in total. The number of hydrogen-bond acceptors (Lipinski definition) is 5. The van der Waals surface area contributed by atoms with Gasteiger partial charge in [-0.1, -0.05) is 0 Å². The normalized spacial score (nSPS) is 17.7. The molecule has 1 saturated heterocycles. The highest BCUT2D eigenvalue weighted by Gasteiger charge is 2.31. The van der Waals surface area contributed by atoms with E-state index in [2.05, 4.69) is 10.3 Å². The van der Waals surface area contributed by atoms with Crippen LogP contribution in [0.2, 0.25) is 0 Å². The molecule has 0 radical (unpaired) electrons. The average molecular weight is 295 g/mol. The van der Waals surface area contributed by atoms with Crippen LogP contribution in [-0.4, -0.2) is 65.8 Å². The zero-order valence-corrected chi connectivity index (χ0v) is 12.1. The summed E-state index contributed by atoms with van der Waals surface area (Å²) in [6.07, 6.45) is 2.73. The van der Waals surface area contributed by atoms with Crippen molar-refractivity contribution in [1.29, 1.82) is 0 Å². The molecule has 0 spiro atoms. The van der Waals surface area contributed by atoms with Gasteiger partial charge < -0.3 is 14.8 Å². The number of carbonyl (C=O) groups excluding carboxylic acids is 2. The number of carbonyl (C=O) groups is 2. The number of nitrogens with one attached hydrogen (secondary N) is 2. The number of imide groups is 1. The Morgan fingerprint density at radius 3 is 2.81 bits per heavy atom. The Morgan fingerprint density at radius 1 is 1.48 bits per heavy atom. The lowest BCUT2D eigenvalue weighted by molar-refractivity contribution is -0.122. The summed E-state index contributed by atoms with van der Waals surface area (Å²) in [5.74, 6) is -0.851. The average Bonchev–Trinajstić information content (AvgIpc) is 2.92. The van der Waals surface area contributed by atoms with Crippen LogP contribution in [0.5, 0.6) is 0 Å². The fraction of sp³-hybridized carbons (Fsp3) is 0.571. The van der Waals surface area contributed by atoms with Crippen LogP contribution < -0.4 is 5.32 Å². The van der Waals surface area contributed by atoms with E-state index in [4.69, 9.17) is 4.74 Å². The van der Waals surface area contributed by atoms with Gasteiger partial charge in [0, 0.05) is 38.8 Å². The maximum Gasteiger partial charge on any atom is 0.274 e. The molecule has 2 rings (SSSR count). The predicted octanol–water partition coefficient (Wildman–Crippen LogP) is -0.256. The van der Waals surface area contributed by atoms with Crippen molar-refractivity contribution in [1.82, 2.24) is 15.2 Å². The van der Waals surface area contributed by atoms with Crippen molar-refractivity contribution in [3.8, 4) is 0 Å². The fourth-order valence-electron chi connectivity index (χ4n) is 2.42. The van der Waals surface area contributed by atoms with Gasteiger partial charge in [-0.05, 0) is 19.2 Å². The SMILES string of the molecule is CN(CC(=O)NC(=O)c1ccc[nH]1)CC1(O)CCOCC1. The highest BCUT2D eigenvalue weighted by Crippen LogP contribution is 2.21. The first-order valence-electron chi connectivity index (χ1n) is 6.95. The first kappa shape index (κ1) is 15.7. The molecule has 2 heterocycles. The Morgan fingerprint density at radius 2 is 2.19 bits per heavy atom. The third kappa shape index (κ3) is 4.66. The van der Waals surface area contributed by atoms with Gasteiger partial charge in [0.2, 0.25) is 5.91 Å². The van der Waals surface area contributed by atoms with Crippen LogP contribution in [0.1, 0.15) is 23.3 Å². The summed E-state index contributed by atoms with van der Waals surface area (Å²) in [5, 5.41) is 12.7. The Hall–Kier alpha value is -1.70. The maximum absolute atomic E-state index is 11.8. The number of ether oxygens (including phenoxy) is 1. The molecule has 0 unspecified atom stereocenters. The van der Waals surface area contributed by atoms with Gasteiger partial charge in [0.25, 0.3) is 5.91 Å². The molecule has 0 saturated carbocycles. The molecule has 1 aliphatic heterocycles. The molecule has 2 amide bonds. The second-order valence-electron chi connectivity index (χ2n) is 5.47. The van der Waals surface area contributed by atoms with Gasteiger partial charge in [0.05, 0.1) is 12.1 Å². The summed E-state index contributed by atoms with van der Waals surface area (Å²) in [6.45, 7) is 1.49. The van der Waals surface area contributed by atoms with Gasteiger partial charge in [0.1, 0.15) is 5.69 Å². The van der Waals surface area contributed by atoms with Crippen LogP contribution >= 0.6 is 0 Å². The van der Waals surface area contributed by atoms with Gasteiger partial charge in [-0.25, -0.2) is 0 Å². The van der Waals surface area contributed by atoms with E-state index < -0.39 is 17.4 Å². The number of amides is 2. The number of rotatable bonds is 5. The van der Waals surface area contributed by atoms with E-state index >= 15 is 0 Å². The molecule has 0 aliphatic carbocycles. The van der Waals surface area contributed by atoms with Crippen molar-refractivity contribution in [2.45, 2.75) is 18.4 Å². The minimum atomic E-state index is -0.823. The van der Waals surface area contributed by atoms with Crippen molar-refractivity contribution >= 4 is 11.8 Å². The molecular formula is C14H21N3O4. The third-order valence-corrected chi connectivity index (χ3v) is 3.50. The molecule has 21 heavy (non-hydrogen) atoms. The van der Waals surface area contributed by atoms with E-state index in [1.807, 2.05) is 0 Å². The molecule has 7 heteroatoms. The summed E-state index contributed by atoms with van der Waals surface area (Å²) in [6, 6.07) is 3.28. The van der Waals surface area contributed by atoms with E-state index in [9.17, 15) is 14.7 Å². The first-order valence-corrected chi connectivity index (χ1v) is 6.95. The molecule has 0 aromatic carbocycles. The van der Waals surface area contributed by atoms with E-state index in [1.165, 1.54) is 0 Å². The molecular weight excluding hydrogens is 274 g/mol. The third-order valence-electron chi connectivity index (χ3n) is 3.50. The highest BCUT2D eigenvalue weighted by atomic mass is 16.5. The molecule has 0 bridgehead atoms. The largest absolute Gasteiger partial charge is 0.388 e. The fourth-order valence-corrected chi connectivity index (χ4v) is 2.42. The van der Waals surface area contributed by atoms with Crippen LogP contribution in [-0.2, 0) is 9.53 Å². The quantitative estimate of drug-likeness (QED) is 0.696. The van der Waals surface area contributed by atoms with Crippen molar-refractivity contribution in [2.75, 3.05) is 33.4 Å². The lowest BCUT2D eigenvalue weighted by Crippen LogP contribution is -2.48. The van der Waals surface area contributed by atoms with Gasteiger partial charge in [-0.3, -0.25) is 19.8 Å². The van der Waals surface area contributed by atoms with Crippen LogP contribution in [0, 0.1) is 0 Å². The van der Waals surface area contributed by atoms with Crippen molar-refractivity contribution in [3.63, 3.8) is 0 Å². The maximum atomic E-state index is 11.8. The Bertz CT molecular complexity index is 480. The standard InChI is InChI=1S/C14H21N3O4/c1-17(10-14(20)4-7-21-8-5-14)9-12(18)16-13(19)11-3-2-6-15-11/h2-3,6,15,20H,4-5,7-10H2,1H3,(H,16,18,19). The zero-order valence-electron chi connectivity index (χ0n) is 12.1. The minimum Gasteiger partial charge on any atom is -0.388 e. The molecule has 1 aliphatic rings. The number of H-pyrrole nitrogens is 1. The van der Waals surface area contributed by atoms with Crippen molar-refractivity contribution in [2.24, 2.45) is 0 Å². The van der Waals surface area contributed by atoms with E-state index in [0.717, 1.165) is 0 Å².